The largest absolute Gasteiger partial charge is 0.495 e. The van der Waals surface area contributed by atoms with Crippen LogP contribution >= 0.6 is 0 Å². The van der Waals surface area contributed by atoms with Gasteiger partial charge in [0.05, 0.1) is 13.2 Å². The van der Waals surface area contributed by atoms with Crippen molar-refractivity contribution < 1.29 is 26.7 Å². The number of methoxy groups -OCH3 is 1. The number of carbonyl (C=O) groups excluding carboxylic acids is 1. The van der Waals surface area contributed by atoms with Crippen molar-refractivity contribution in [2.24, 2.45) is 0 Å². The first-order valence-electron chi connectivity index (χ1n) is 10.3. The molecular formula is C23H26F2N2O4S. The van der Waals surface area contributed by atoms with Crippen LogP contribution in [-0.2, 0) is 14.8 Å². The molecule has 6 nitrogen and oxygen atoms in total. The zero-order valence-corrected chi connectivity index (χ0v) is 18.8. The quantitative estimate of drug-likeness (QED) is 0.628. The number of ether oxygens (including phenoxy) is 1. The summed E-state index contributed by atoms with van der Waals surface area (Å²) in [5.41, 5.74) is 0.932. The fourth-order valence-electron chi connectivity index (χ4n) is 3.54. The molecule has 3 rings (SSSR count). The van der Waals surface area contributed by atoms with Crippen molar-refractivity contribution in [3.8, 4) is 5.75 Å². The van der Waals surface area contributed by atoms with Crippen LogP contribution < -0.4 is 10.1 Å². The van der Waals surface area contributed by atoms with Crippen LogP contribution in [0.15, 0.2) is 47.4 Å². The maximum absolute atomic E-state index is 13.4. The van der Waals surface area contributed by atoms with Gasteiger partial charge >= 0.3 is 0 Å². The SMILES string of the molecule is COc1ccc(/C=C/C(=O)NC(C)c2ccc(F)c(F)c2)cc1S(=O)(=O)N1CCCCC1. The molecule has 1 unspecified atom stereocenters. The summed E-state index contributed by atoms with van der Waals surface area (Å²) in [6.45, 7) is 2.58. The van der Waals surface area contributed by atoms with Crippen LogP contribution in [0.2, 0.25) is 0 Å². The Morgan fingerprint density at radius 2 is 1.81 bits per heavy atom. The second kappa shape index (κ2) is 10.2. The van der Waals surface area contributed by atoms with Crippen molar-refractivity contribution in [3.05, 3.63) is 65.2 Å². The van der Waals surface area contributed by atoms with Gasteiger partial charge in [0.1, 0.15) is 10.6 Å². The van der Waals surface area contributed by atoms with E-state index in [1.54, 1.807) is 19.1 Å². The highest BCUT2D eigenvalue weighted by molar-refractivity contribution is 7.89. The van der Waals surface area contributed by atoms with Crippen LogP contribution in [0.3, 0.4) is 0 Å². The fraction of sp³-hybridized carbons (Fsp3) is 0.348. The highest BCUT2D eigenvalue weighted by atomic mass is 32.2. The minimum absolute atomic E-state index is 0.0552. The third kappa shape index (κ3) is 5.52. The Bertz CT molecular complexity index is 1110. The van der Waals surface area contributed by atoms with Crippen LogP contribution in [0.1, 0.15) is 43.4 Å². The minimum Gasteiger partial charge on any atom is -0.495 e. The summed E-state index contributed by atoms with van der Waals surface area (Å²) in [4.78, 5) is 12.3. The van der Waals surface area contributed by atoms with Crippen LogP contribution in [0.4, 0.5) is 8.78 Å². The number of sulfonamides is 1. The lowest BCUT2D eigenvalue weighted by Crippen LogP contribution is -2.35. The number of carbonyl (C=O) groups is 1. The maximum atomic E-state index is 13.4. The van der Waals surface area contributed by atoms with Crippen LogP contribution in [0.25, 0.3) is 6.08 Å². The van der Waals surface area contributed by atoms with Gasteiger partial charge in [-0.15, -0.1) is 0 Å². The molecule has 1 aliphatic heterocycles. The lowest BCUT2D eigenvalue weighted by atomic mass is 10.1. The molecule has 1 N–H and O–H groups in total. The van der Waals surface area contributed by atoms with Crippen molar-refractivity contribution in [2.75, 3.05) is 20.2 Å². The Hall–Kier alpha value is -2.78. The van der Waals surface area contributed by atoms with Gasteiger partial charge in [-0.05, 0) is 61.2 Å². The molecule has 1 saturated heterocycles. The normalized spacial score (nSPS) is 16.1. The molecule has 0 radical (unpaired) electrons. The molecule has 32 heavy (non-hydrogen) atoms. The monoisotopic (exact) mass is 464 g/mol. The third-order valence-corrected chi connectivity index (χ3v) is 7.27. The average molecular weight is 465 g/mol. The first-order chi connectivity index (χ1) is 15.2. The van der Waals surface area contributed by atoms with Crippen molar-refractivity contribution >= 4 is 22.0 Å². The van der Waals surface area contributed by atoms with E-state index in [-0.39, 0.29) is 10.6 Å². The highest BCUT2D eigenvalue weighted by Crippen LogP contribution is 2.30. The maximum Gasteiger partial charge on any atom is 0.246 e. The van der Waals surface area contributed by atoms with E-state index in [0.717, 1.165) is 31.4 Å². The summed E-state index contributed by atoms with van der Waals surface area (Å²) in [6, 6.07) is 7.57. The van der Waals surface area contributed by atoms with Gasteiger partial charge in [0.25, 0.3) is 0 Å². The molecule has 1 aliphatic rings. The van der Waals surface area contributed by atoms with Gasteiger partial charge in [-0.3, -0.25) is 4.79 Å². The summed E-state index contributed by atoms with van der Waals surface area (Å²) in [7, 11) is -2.31. The molecular weight excluding hydrogens is 438 g/mol. The smallest absolute Gasteiger partial charge is 0.246 e. The first kappa shape index (κ1) is 23.9. The number of hydrogen-bond donors (Lipinski definition) is 1. The van der Waals surface area contributed by atoms with Crippen molar-refractivity contribution in [3.63, 3.8) is 0 Å². The summed E-state index contributed by atoms with van der Waals surface area (Å²) in [5, 5.41) is 2.67. The Labute approximate surface area is 186 Å². The summed E-state index contributed by atoms with van der Waals surface area (Å²) >= 11 is 0. The topological polar surface area (TPSA) is 75.7 Å². The number of nitrogens with zero attached hydrogens (tertiary/aromatic N) is 1. The van der Waals surface area contributed by atoms with Crippen LogP contribution in [0, 0.1) is 11.6 Å². The number of piperidine rings is 1. The number of halogens is 2. The van der Waals surface area contributed by atoms with Gasteiger partial charge < -0.3 is 10.1 Å². The summed E-state index contributed by atoms with van der Waals surface area (Å²) in [6.07, 6.45) is 5.39. The molecule has 172 valence electrons. The standard InChI is InChI=1S/C23H26F2N2O4S/c1-16(18-8-9-19(24)20(25)15-18)26-23(28)11-7-17-6-10-21(31-2)22(14-17)32(29,30)27-12-4-3-5-13-27/h6-11,14-16H,3-5,12-13H2,1-2H3,(H,26,28)/b11-7+. The number of hydrogen-bond acceptors (Lipinski definition) is 4. The molecule has 9 heteroatoms. The summed E-state index contributed by atoms with van der Waals surface area (Å²) in [5.74, 6) is -2.16. The molecule has 2 aromatic rings. The second-order valence-corrected chi connectivity index (χ2v) is 9.52. The van der Waals surface area contributed by atoms with Gasteiger partial charge in [-0.1, -0.05) is 18.6 Å². The Morgan fingerprint density at radius 1 is 1.09 bits per heavy atom. The molecule has 0 aliphatic carbocycles. The van der Waals surface area contributed by atoms with Gasteiger partial charge in [0.2, 0.25) is 15.9 Å². The van der Waals surface area contributed by atoms with Crippen LogP contribution in [-0.4, -0.2) is 38.8 Å². The zero-order chi connectivity index (χ0) is 23.3. The van der Waals surface area contributed by atoms with E-state index in [9.17, 15) is 22.0 Å². The lowest BCUT2D eigenvalue weighted by molar-refractivity contribution is -0.117. The van der Waals surface area contributed by atoms with Gasteiger partial charge in [0, 0.05) is 19.2 Å². The van der Waals surface area contributed by atoms with E-state index in [0.29, 0.717) is 24.2 Å². The van der Waals surface area contributed by atoms with E-state index in [4.69, 9.17) is 4.74 Å². The molecule has 0 bridgehead atoms. The van der Waals surface area contributed by atoms with E-state index in [1.165, 1.54) is 35.7 Å². The fourth-order valence-corrected chi connectivity index (χ4v) is 5.25. The predicted octanol–water partition coefficient (Wildman–Crippen LogP) is 4.04. The minimum atomic E-state index is -3.72. The zero-order valence-electron chi connectivity index (χ0n) is 18.0. The predicted molar refractivity (Wildman–Crippen MR) is 118 cm³/mol. The number of amides is 1. The molecule has 1 fully saturated rings. The average Bonchev–Trinajstić information content (AvgIpc) is 2.79. The van der Waals surface area contributed by atoms with Crippen molar-refractivity contribution in [2.45, 2.75) is 37.1 Å². The first-order valence-corrected chi connectivity index (χ1v) is 11.8. The number of benzene rings is 2. The van der Waals surface area contributed by atoms with E-state index in [2.05, 4.69) is 5.32 Å². The summed E-state index contributed by atoms with van der Waals surface area (Å²) < 4.78 is 59.4. The molecule has 1 atom stereocenters. The van der Waals surface area contributed by atoms with E-state index in [1.807, 2.05) is 0 Å². The van der Waals surface area contributed by atoms with Gasteiger partial charge in [0.15, 0.2) is 11.6 Å². The molecule has 1 heterocycles. The lowest BCUT2D eigenvalue weighted by Gasteiger charge is -2.26. The molecule has 0 saturated carbocycles. The van der Waals surface area contributed by atoms with Gasteiger partial charge in [-0.25, -0.2) is 17.2 Å². The van der Waals surface area contributed by atoms with Gasteiger partial charge in [-0.2, -0.15) is 4.31 Å². The number of nitrogens with one attached hydrogen (secondary N) is 1. The van der Waals surface area contributed by atoms with Crippen LogP contribution in [0.5, 0.6) is 5.75 Å². The molecule has 0 spiro atoms. The molecule has 1 amide bonds. The molecule has 2 aromatic carbocycles. The Balaban J connectivity index is 1.75. The van der Waals surface area contributed by atoms with Crippen molar-refractivity contribution in [1.82, 2.24) is 9.62 Å². The van der Waals surface area contributed by atoms with Crippen molar-refractivity contribution in [1.29, 1.82) is 0 Å². The third-order valence-electron chi connectivity index (χ3n) is 5.35. The van der Waals surface area contributed by atoms with E-state index >= 15 is 0 Å². The Morgan fingerprint density at radius 3 is 2.47 bits per heavy atom. The number of rotatable bonds is 7. The van der Waals surface area contributed by atoms with E-state index < -0.39 is 33.6 Å². The Kier molecular flexibility index (Phi) is 7.63. The molecule has 0 aromatic heterocycles. The highest BCUT2D eigenvalue weighted by Gasteiger charge is 2.29. The second-order valence-electron chi connectivity index (χ2n) is 7.61.